The first-order valence-electron chi connectivity index (χ1n) is 17.3. The maximum absolute atomic E-state index is 2.43. The van der Waals surface area contributed by atoms with Crippen LogP contribution < -0.4 is 9.80 Å². The zero-order chi connectivity index (χ0) is 33.9. The van der Waals surface area contributed by atoms with Crippen molar-refractivity contribution in [2.24, 2.45) is 0 Å². The molecule has 240 valence electrons. The number of benzene rings is 7. The minimum absolute atomic E-state index is 0.181. The van der Waals surface area contributed by atoms with Crippen LogP contribution in [0.3, 0.4) is 0 Å². The Labute approximate surface area is 290 Å². The SMILES string of the molecule is Cc1cccc(N(c2cccc(C)c2)c2ccc3c(c2)C(C)(C)c2c-3ccc3cc(N(c4cccc(C)c4)c4cccc(C)c4)ccc23)c1. The smallest absolute Gasteiger partial charge is 0.0468 e. The van der Waals surface area contributed by atoms with E-state index in [0.29, 0.717) is 0 Å². The third-order valence-electron chi connectivity index (χ3n) is 10.2. The fourth-order valence-electron chi connectivity index (χ4n) is 7.87. The molecule has 0 heterocycles. The van der Waals surface area contributed by atoms with Crippen molar-refractivity contribution in [1.82, 2.24) is 0 Å². The monoisotopic (exact) mass is 634 g/mol. The Balaban J connectivity index is 1.25. The highest BCUT2D eigenvalue weighted by Crippen LogP contribution is 2.53. The van der Waals surface area contributed by atoms with Crippen LogP contribution in [0.4, 0.5) is 34.1 Å². The van der Waals surface area contributed by atoms with E-state index < -0.39 is 0 Å². The summed E-state index contributed by atoms with van der Waals surface area (Å²) in [4.78, 5) is 4.78. The number of hydrogen-bond acceptors (Lipinski definition) is 2. The van der Waals surface area contributed by atoms with Crippen molar-refractivity contribution >= 4 is 44.9 Å². The third kappa shape index (κ3) is 5.38. The van der Waals surface area contributed by atoms with Gasteiger partial charge in [0.1, 0.15) is 0 Å². The van der Waals surface area contributed by atoms with Gasteiger partial charge in [0.25, 0.3) is 0 Å². The number of aryl methyl sites for hydroxylation is 4. The van der Waals surface area contributed by atoms with Gasteiger partial charge in [-0.25, -0.2) is 0 Å². The summed E-state index contributed by atoms with van der Waals surface area (Å²) in [5, 5.41) is 2.57. The van der Waals surface area contributed by atoms with E-state index in [1.54, 1.807) is 0 Å². The zero-order valence-corrected chi connectivity index (χ0v) is 29.3. The van der Waals surface area contributed by atoms with Gasteiger partial charge in [-0.3, -0.25) is 0 Å². The molecule has 0 saturated carbocycles. The van der Waals surface area contributed by atoms with Crippen molar-refractivity contribution < 1.29 is 0 Å². The van der Waals surface area contributed by atoms with Crippen LogP contribution in [0.1, 0.15) is 47.2 Å². The van der Waals surface area contributed by atoms with Crippen LogP contribution in [0, 0.1) is 27.7 Å². The molecule has 0 atom stereocenters. The summed E-state index contributed by atoms with van der Waals surface area (Å²) < 4.78 is 0. The molecular formula is C47H42N2. The fraction of sp³-hybridized carbons (Fsp3) is 0.149. The van der Waals surface area contributed by atoms with Gasteiger partial charge < -0.3 is 9.80 Å². The van der Waals surface area contributed by atoms with Crippen LogP contribution in [-0.2, 0) is 5.41 Å². The van der Waals surface area contributed by atoms with Crippen LogP contribution in [-0.4, -0.2) is 0 Å². The van der Waals surface area contributed by atoms with Gasteiger partial charge in [-0.2, -0.15) is 0 Å². The summed E-state index contributed by atoms with van der Waals surface area (Å²) in [6.07, 6.45) is 0. The van der Waals surface area contributed by atoms with Crippen molar-refractivity contribution in [2.75, 3.05) is 9.80 Å². The Bertz CT molecular complexity index is 2290. The molecular weight excluding hydrogens is 593 g/mol. The van der Waals surface area contributed by atoms with E-state index in [-0.39, 0.29) is 5.41 Å². The van der Waals surface area contributed by atoms with E-state index in [2.05, 4.69) is 197 Å². The topological polar surface area (TPSA) is 6.48 Å². The van der Waals surface area contributed by atoms with Gasteiger partial charge in [0.05, 0.1) is 0 Å². The average molecular weight is 635 g/mol. The summed E-state index contributed by atoms with van der Waals surface area (Å²) in [7, 11) is 0. The molecule has 0 amide bonds. The lowest BCUT2D eigenvalue weighted by Gasteiger charge is -2.29. The molecule has 0 N–H and O–H groups in total. The highest BCUT2D eigenvalue weighted by molar-refractivity contribution is 6.00. The molecule has 0 saturated heterocycles. The van der Waals surface area contributed by atoms with E-state index in [4.69, 9.17) is 0 Å². The Morgan fingerprint density at radius 2 is 0.796 bits per heavy atom. The van der Waals surface area contributed by atoms with E-state index in [0.717, 1.165) is 17.1 Å². The highest BCUT2D eigenvalue weighted by Gasteiger charge is 2.37. The van der Waals surface area contributed by atoms with Gasteiger partial charge in [0.15, 0.2) is 0 Å². The summed E-state index contributed by atoms with van der Waals surface area (Å²) >= 11 is 0. The van der Waals surface area contributed by atoms with E-state index >= 15 is 0 Å². The van der Waals surface area contributed by atoms with Crippen LogP contribution in [0.15, 0.2) is 146 Å². The number of fused-ring (bicyclic) bond motifs is 5. The van der Waals surface area contributed by atoms with Gasteiger partial charge in [0.2, 0.25) is 0 Å². The second-order valence-corrected chi connectivity index (χ2v) is 14.3. The molecule has 0 spiro atoms. The van der Waals surface area contributed by atoms with E-state index in [1.165, 1.54) is 72.3 Å². The maximum Gasteiger partial charge on any atom is 0.0468 e. The van der Waals surface area contributed by atoms with Crippen molar-refractivity contribution in [2.45, 2.75) is 47.0 Å². The lowest BCUT2D eigenvalue weighted by Crippen LogP contribution is -2.17. The van der Waals surface area contributed by atoms with Crippen molar-refractivity contribution in [3.8, 4) is 11.1 Å². The standard InChI is InChI=1S/C47H42N2/c1-31-11-7-15-36(25-31)48(37-16-8-12-32(2)26-37)40-20-23-42-35(29-40)19-22-44-43-24-21-41(30-45(43)47(5,6)46(42)44)49(38-17-9-13-33(3)27-38)39-18-10-14-34(4)28-39/h7-30H,1-6H3. The Morgan fingerprint density at radius 1 is 0.388 bits per heavy atom. The first-order chi connectivity index (χ1) is 23.7. The molecule has 0 bridgehead atoms. The molecule has 0 radical (unpaired) electrons. The molecule has 0 aliphatic heterocycles. The Hall–Kier alpha value is -5.60. The summed E-state index contributed by atoms with van der Waals surface area (Å²) in [5.41, 5.74) is 17.2. The first-order valence-corrected chi connectivity index (χ1v) is 17.3. The van der Waals surface area contributed by atoms with E-state index in [9.17, 15) is 0 Å². The maximum atomic E-state index is 2.43. The molecule has 0 fully saturated rings. The fourth-order valence-corrected chi connectivity index (χ4v) is 7.87. The first kappa shape index (κ1) is 30.7. The molecule has 0 aromatic heterocycles. The van der Waals surface area contributed by atoms with Crippen LogP contribution in [0.5, 0.6) is 0 Å². The van der Waals surface area contributed by atoms with Crippen molar-refractivity contribution in [3.05, 3.63) is 179 Å². The molecule has 1 aliphatic rings. The molecule has 2 nitrogen and oxygen atoms in total. The summed E-state index contributed by atoms with van der Waals surface area (Å²) in [6, 6.07) is 53.9. The number of rotatable bonds is 6. The van der Waals surface area contributed by atoms with Crippen LogP contribution in [0.2, 0.25) is 0 Å². The van der Waals surface area contributed by atoms with Gasteiger partial charge in [-0.05, 0) is 156 Å². The van der Waals surface area contributed by atoms with Gasteiger partial charge in [0, 0.05) is 39.5 Å². The van der Waals surface area contributed by atoms with Gasteiger partial charge >= 0.3 is 0 Å². The molecule has 0 unspecified atom stereocenters. The average Bonchev–Trinajstić information content (AvgIpc) is 3.31. The predicted molar refractivity (Wildman–Crippen MR) is 210 cm³/mol. The lowest BCUT2D eigenvalue weighted by molar-refractivity contribution is 0.666. The van der Waals surface area contributed by atoms with Gasteiger partial charge in [-0.15, -0.1) is 0 Å². The lowest BCUT2D eigenvalue weighted by atomic mass is 9.80. The molecule has 7 aromatic rings. The predicted octanol–water partition coefficient (Wildman–Crippen LogP) is 13.3. The van der Waals surface area contributed by atoms with Gasteiger partial charge in [-0.1, -0.05) is 86.6 Å². The van der Waals surface area contributed by atoms with Crippen LogP contribution >= 0.6 is 0 Å². The van der Waals surface area contributed by atoms with Crippen molar-refractivity contribution in [3.63, 3.8) is 0 Å². The summed E-state index contributed by atoms with van der Waals surface area (Å²) in [6.45, 7) is 13.4. The minimum atomic E-state index is -0.181. The number of anilines is 6. The number of hydrogen-bond donors (Lipinski definition) is 0. The third-order valence-corrected chi connectivity index (χ3v) is 10.2. The molecule has 8 rings (SSSR count). The quantitative estimate of drug-likeness (QED) is 0.180. The molecule has 7 aromatic carbocycles. The highest BCUT2D eigenvalue weighted by atomic mass is 15.1. The molecule has 49 heavy (non-hydrogen) atoms. The van der Waals surface area contributed by atoms with Crippen LogP contribution in [0.25, 0.3) is 21.9 Å². The van der Waals surface area contributed by atoms with E-state index in [1.807, 2.05) is 0 Å². The van der Waals surface area contributed by atoms with Crippen molar-refractivity contribution in [1.29, 1.82) is 0 Å². The normalized spacial score (nSPS) is 12.9. The summed E-state index contributed by atoms with van der Waals surface area (Å²) in [5.74, 6) is 0. The Morgan fingerprint density at radius 3 is 1.27 bits per heavy atom. The zero-order valence-electron chi connectivity index (χ0n) is 29.3. The molecule has 2 heteroatoms. The largest absolute Gasteiger partial charge is 0.310 e. The molecule has 1 aliphatic carbocycles. The number of nitrogens with zero attached hydrogens (tertiary/aromatic N) is 2. The Kier molecular flexibility index (Phi) is 7.41. The minimum Gasteiger partial charge on any atom is -0.310 e. The second-order valence-electron chi connectivity index (χ2n) is 14.3. The second kappa shape index (κ2) is 11.8.